The van der Waals surface area contributed by atoms with E-state index in [1.54, 1.807) is 7.11 Å². The predicted octanol–water partition coefficient (Wildman–Crippen LogP) is 6.64. The number of ether oxygens (including phenoxy) is 4. The van der Waals surface area contributed by atoms with Gasteiger partial charge in [-0.3, -0.25) is 9.69 Å². The van der Waals surface area contributed by atoms with Gasteiger partial charge in [0.1, 0.15) is 29.6 Å². The average Bonchev–Trinajstić information content (AvgIpc) is 3.06. The van der Waals surface area contributed by atoms with Crippen LogP contribution in [0.4, 0.5) is 0 Å². The van der Waals surface area contributed by atoms with Crippen molar-refractivity contribution in [2.24, 2.45) is 0 Å². The summed E-state index contributed by atoms with van der Waals surface area (Å²) in [5.41, 5.74) is 2.48. The minimum atomic E-state index is 0.0176. The molecule has 0 unspecified atom stereocenters. The molecule has 2 fully saturated rings. The van der Waals surface area contributed by atoms with Gasteiger partial charge in [0.25, 0.3) is 5.91 Å². The topological polar surface area (TPSA) is 60.5 Å². The zero-order valence-electron chi connectivity index (χ0n) is 24.2. The van der Waals surface area contributed by atoms with E-state index >= 15 is 0 Å². The fraction of sp³-hybridized carbons (Fsp3) is 0.343. The second-order valence-electron chi connectivity index (χ2n) is 10.8. The lowest BCUT2D eigenvalue weighted by atomic mass is 9.97. The molecule has 218 valence electrons. The molecule has 2 aliphatic heterocycles. The van der Waals surface area contributed by atoms with E-state index in [2.05, 4.69) is 11.0 Å². The lowest BCUT2D eigenvalue weighted by Gasteiger charge is -2.27. The molecule has 4 aromatic carbocycles. The lowest BCUT2D eigenvalue weighted by molar-refractivity contribution is 0.0303. The van der Waals surface area contributed by atoms with E-state index in [-0.39, 0.29) is 5.91 Å². The highest BCUT2D eigenvalue weighted by atomic mass is 16.5. The van der Waals surface area contributed by atoms with E-state index < -0.39 is 0 Å². The summed E-state index contributed by atoms with van der Waals surface area (Å²) in [6.45, 7) is 6.31. The highest BCUT2D eigenvalue weighted by Gasteiger charge is 2.20. The van der Waals surface area contributed by atoms with Gasteiger partial charge in [-0.25, -0.2) is 0 Å². The second kappa shape index (κ2) is 13.3. The van der Waals surface area contributed by atoms with Crippen molar-refractivity contribution >= 4 is 16.7 Å². The molecular weight excluding hydrogens is 528 g/mol. The van der Waals surface area contributed by atoms with Crippen LogP contribution in [0.15, 0.2) is 78.9 Å². The second-order valence-corrected chi connectivity index (χ2v) is 10.8. The van der Waals surface area contributed by atoms with Crippen molar-refractivity contribution < 1.29 is 23.7 Å². The monoisotopic (exact) mass is 566 g/mol. The maximum Gasteiger partial charge on any atom is 0.254 e. The average molecular weight is 567 g/mol. The summed E-state index contributed by atoms with van der Waals surface area (Å²) in [5, 5.41) is 1.96. The molecule has 4 aromatic rings. The first kappa shape index (κ1) is 28.1. The number of amides is 1. The van der Waals surface area contributed by atoms with Crippen LogP contribution in [0.2, 0.25) is 0 Å². The number of likely N-dealkylation sites (tertiary alicyclic amines) is 1. The van der Waals surface area contributed by atoms with E-state index in [0.29, 0.717) is 44.2 Å². The van der Waals surface area contributed by atoms with Gasteiger partial charge < -0.3 is 23.8 Å². The Morgan fingerprint density at radius 3 is 2.36 bits per heavy atom. The summed E-state index contributed by atoms with van der Waals surface area (Å²) in [4.78, 5) is 17.6. The minimum absolute atomic E-state index is 0.0176. The molecule has 0 spiro atoms. The SMILES string of the molecule is COc1ccc2c(Oc3ccc(OCCN4CCCCC4)cc3)c(-c3cccc(C(=O)N4CCOCC4)c3)ccc2c1. The minimum Gasteiger partial charge on any atom is -0.497 e. The van der Waals surface area contributed by atoms with Crippen molar-refractivity contribution in [1.82, 2.24) is 9.80 Å². The number of hydrogen-bond donors (Lipinski definition) is 0. The van der Waals surface area contributed by atoms with Crippen molar-refractivity contribution in [1.29, 1.82) is 0 Å². The molecular formula is C35H38N2O5. The quantitative estimate of drug-likeness (QED) is 0.226. The van der Waals surface area contributed by atoms with E-state index in [0.717, 1.165) is 45.7 Å². The third-order valence-corrected chi connectivity index (χ3v) is 8.06. The van der Waals surface area contributed by atoms with Gasteiger partial charge in [-0.15, -0.1) is 0 Å². The number of piperidine rings is 1. The lowest BCUT2D eigenvalue weighted by Crippen LogP contribution is -2.40. The number of benzene rings is 4. The smallest absolute Gasteiger partial charge is 0.254 e. The van der Waals surface area contributed by atoms with Gasteiger partial charge >= 0.3 is 0 Å². The first-order chi connectivity index (χ1) is 20.7. The van der Waals surface area contributed by atoms with Crippen LogP contribution < -0.4 is 14.2 Å². The number of nitrogens with zero attached hydrogens (tertiary/aromatic N) is 2. The van der Waals surface area contributed by atoms with Crippen LogP contribution in [0, 0.1) is 0 Å². The summed E-state index contributed by atoms with van der Waals surface area (Å²) in [6, 6.07) is 25.7. The molecule has 1 amide bonds. The van der Waals surface area contributed by atoms with Crippen LogP contribution in [-0.2, 0) is 4.74 Å². The summed E-state index contributed by atoms with van der Waals surface area (Å²) in [5.74, 6) is 3.07. The Kier molecular flexibility index (Phi) is 8.87. The zero-order valence-corrected chi connectivity index (χ0v) is 24.2. The molecule has 0 aliphatic carbocycles. The van der Waals surface area contributed by atoms with Crippen molar-refractivity contribution in [3.8, 4) is 34.1 Å². The molecule has 2 heterocycles. The number of fused-ring (bicyclic) bond motifs is 1. The molecule has 7 heteroatoms. The van der Waals surface area contributed by atoms with Gasteiger partial charge in [0.05, 0.1) is 20.3 Å². The molecule has 2 saturated heterocycles. The van der Waals surface area contributed by atoms with E-state index in [1.807, 2.05) is 77.7 Å². The number of carbonyl (C=O) groups excluding carboxylic acids is 1. The summed E-state index contributed by atoms with van der Waals surface area (Å²) in [6.07, 6.45) is 3.90. The zero-order chi connectivity index (χ0) is 28.7. The third-order valence-electron chi connectivity index (χ3n) is 8.06. The molecule has 0 saturated carbocycles. The maximum atomic E-state index is 13.2. The summed E-state index contributed by atoms with van der Waals surface area (Å²) in [7, 11) is 1.67. The molecule has 7 nitrogen and oxygen atoms in total. The maximum absolute atomic E-state index is 13.2. The number of rotatable bonds is 9. The van der Waals surface area contributed by atoms with Gasteiger partial charge in [0, 0.05) is 36.1 Å². The Labute approximate surface area is 247 Å². The molecule has 0 atom stereocenters. The van der Waals surface area contributed by atoms with Crippen LogP contribution in [0.1, 0.15) is 29.6 Å². The Morgan fingerprint density at radius 2 is 1.57 bits per heavy atom. The fourth-order valence-corrected chi connectivity index (χ4v) is 5.71. The normalized spacial score (nSPS) is 15.9. The molecule has 0 N–H and O–H groups in total. The summed E-state index contributed by atoms with van der Waals surface area (Å²) >= 11 is 0. The van der Waals surface area contributed by atoms with Crippen molar-refractivity contribution in [2.45, 2.75) is 19.3 Å². The molecule has 42 heavy (non-hydrogen) atoms. The van der Waals surface area contributed by atoms with Crippen molar-refractivity contribution in [2.75, 3.05) is 59.7 Å². The molecule has 0 aromatic heterocycles. The number of morpholine rings is 1. The Bertz CT molecular complexity index is 1510. The number of hydrogen-bond acceptors (Lipinski definition) is 6. The predicted molar refractivity (Wildman–Crippen MR) is 165 cm³/mol. The molecule has 2 aliphatic rings. The fourth-order valence-electron chi connectivity index (χ4n) is 5.71. The van der Waals surface area contributed by atoms with Crippen molar-refractivity contribution in [3.05, 3.63) is 84.4 Å². The highest BCUT2D eigenvalue weighted by Crippen LogP contribution is 2.41. The van der Waals surface area contributed by atoms with E-state index in [1.165, 1.54) is 32.4 Å². The molecule has 0 bridgehead atoms. The Balaban J connectivity index is 1.26. The van der Waals surface area contributed by atoms with Crippen LogP contribution >= 0.6 is 0 Å². The highest BCUT2D eigenvalue weighted by molar-refractivity contribution is 5.99. The van der Waals surface area contributed by atoms with Gasteiger partial charge in [-0.05, 0) is 97.5 Å². The first-order valence-corrected chi connectivity index (χ1v) is 14.9. The van der Waals surface area contributed by atoms with Gasteiger partial charge in [0.15, 0.2) is 0 Å². The van der Waals surface area contributed by atoms with E-state index in [9.17, 15) is 4.79 Å². The standard InChI is InChI=1S/C35H38N2O5/c1-39-31-13-15-33-27(25-31)8-14-32(26-6-5-7-28(24-26)35(38)37-19-21-40-22-20-37)34(33)42-30-11-9-29(10-12-30)41-23-18-36-16-3-2-4-17-36/h5-15,24-25H,2-4,16-23H2,1H3. The van der Waals surface area contributed by atoms with Gasteiger partial charge in [0.2, 0.25) is 0 Å². The molecule has 0 radical (unpaired) electrons. The van der Waals surface area contributed by atoms with Crippen LogP contribution in [0.5, 0.6) is 23.0 Å². The van der Waals surface area contributed by atoms with Crippen molar-refractivity contribution in [3.63, 3.8) is 0 Å². The molecule has 6 rings (SSSR count). The van der Waals surface area contributed by atoms with Crippen LogP contribution in [-0.4, -0.2) is 75.4 Å². The third kappa shape index (κ3) is 6.53. The van der Waals surface area contributed by atoms with Crippen LogP contribution in [0.3, 0.4) is 0 Å². The van der Waals surface area contributed by atoms with E-state index in [4.69, 9.17) is 18.9 Å². The van der Waals surface area contributed by atoms with Crippen LogP contribution in [0.25, 0.3) is 21.9 Å². The van der Waals surface area contributed by atoms with Gasteiger partial charge in [-0.1, -0.05) is 24.6 Å². The number of methoxy groups -OCH3 is 1. The Hall–Kier alpha value is -4.07. The summed E-state index contributed by atoms with van der Waals surface area (Å²) < 4.78 is 23.5. The first-order valence-electron chi connectivity index (χ1n) is 14.9. The van der Waals surface area contributed by atoms with Gasteiger partial charge in [-0.2, -0.15) is 0 Å². The Morgan fingerprint density at radius 1 is 0.810 bits per heavy atom. The largest absolute Gasteiger partial charge is 0.497 e. The number of carbonyl (C=O) groups is 1.